The normalized spacial score (nSPS) is 11.4. The molecule has 0 aliphatic rings. The van der Waals surface area contributed by atoms with Gasteiger partial charge in [-0.05, 0) is 34.6 Å². The number of ether oxygens (including phenoxy) is 1. The molecule has 0 aliphatic carbocycles. The fourth-order valence-electron chi connectivity index (χ4n) is 3.92. The lowest BCUT2D eigenvalue weighted by Crippen LogP contribution is -2.49. The number of amides is 3. The highest BCUT2D eigenvalue weighted by Gasteiger charge is 2.23. The summed E-state index contributed by atoms with van der Waals surface area (Å²) in [6.07, 6.45) is -0.208. The van der Waals surface area contributed by atoms with E-state index in [2.05, 4.69) is 16.0 Å². The fraction of sp³-hybridized carbons (Fsp3) is 0.290. The van der Waals surface area contributed by atoms with Crippen LogP contribution >= 0.6 is 0 Å². The summed E-state index contributed by atoms with van der Waals surface area (Å²) in [6, 6.07) is 25.9. The molecule has 3 amide bonds. The summed E-state index contributed by atoms with van der Waals surface area (Å²) in [4.78, 5) is 49.7. The number of carbonyl (C=O) groups is 4. The molecule has 39 heavy (non-hydrogen) atoms. The summed E-state index contributed by atoms with van der Waals surface area (Å²) in [5.41, 5.74) is 3.72. The molecular weight excluding hydrogens is 494 g/mol. The average Bonchev–Trinajstić information content (AvgIpc) is 2.94. The van der Waals surface area contributed by atoms with Crippen molar-refractivity contribution >= 4 is 23.7 Å². The standard InChI is InChI=1S/C31H35N3O5/c1-22(2)16-28(34-31(38)39-21-23-10-5-3-6-11-23)30(37)33-20-27(35)19-32-29(36)18-24-12-9-15-26(17-24)25-13-7-4-8-14-25/h3-15,17,22,28H,16,18-21H2,1-2H3,(H,32,36)(H,33,37)(H,34,38)/t28-/m0/s1. The Kier molecular flexibility index (Phi) is 11.2. The summed E-state index contributed by atoms with van der Waals surface area (Å²) in [5, 5.41) is 7.75. The van der Waals surface area contributed by atoms with Crippen molar-refractivity contribution in [2.45, 2.75) is 39.3 Å². The molecule has 0 spiro atoms. The van der Waals surface area contributed by atoms with Crippen LogP contribution in [0.5, 0.6) is 0 Å². The summed E-state index contributed by atoms with van der Waals surface area (Å²) in [6.45, 7) is 3.45. The van der Waals surface area contributed by atoms with Crippen LogP contribution in [-0.4, -0.2) is 42.8 Å². The molecule has 8 heteroatoms. The predicted octanol–water partition coefficient (Wildman–Crippen LogP) is 4.04. The summed E-state index contributed by atoms with van der Waals surface area (Å²) >= 11 is 0. The molecule has 3 N–H and O–H groups in total. The lowest BCUT2D eigenvalue weighted by Gasteiger charge is -2.20. The SMILES string of the molecule is CC(C)C[C@H](NC(=O)OCc1ccccc1)C(=O)NCC(=O)CNC(=O)Cc1cccc(-c2ccccc2)c1. The number of benzene rings is 3. The first kappa shape index (κ1) is 29.1. The molecule has 8 nitrogen and oxygen atoms in total. The quantitative estimate of drug-likeness (QED) is 0.309. The smallest absolute Gasteiger partial charge is 0.408 e. The highest BCUT2D eigenvalue weighted by atomic mass is 16.5. The van der Waals surface area contributed by atoms with Gasteiger partial charge < -0.3 is 20.7 Å². The number of nitrogens with one attached hydrogen (secondary N) is 3. The topological polar surface area (TPSA) is 114 Å². The maximum atomic E-state index is 12.7. The molecule has 0 unspecified atom stereocenters. The largest absolute Gasteiger partial charge is 0.445 e. The second-order valence-corrected chi connectivity index (χ2v) is 9.66. The minimum absolute atomic E-state index is 0.0808. The molecule has 0 aliphatic heterocycles. The molecule has 3 aromatic rings. The van der Waals surface area contributed by atoms with Gasteiger partial charge in [0.25, 0.3) is 0 Å². The van der Waals surface area contributed by atoms with Gasteiger partial charge in [0.2, 0.25) is 11.8 Å². The molecular formula is C31H35N3O5. The molecule has 1 atom stereocenters. The predicted molar refractivity (Wildman–Crippen MR) is 150 cm³/mol. The van der Waals surface area contributed by atoms with E-state index in [1.807, 2.05) is 98.8 Å². The van der Waals surface area contributed by atoms with Crippen LogP contribution in [0.15, 0.2) is 84.9 Å². The first-order chi connectivity index (χ1) is 18.8. The van der Waals surface area contributed by atoms with Gasteiger partial charge in [-0.15, -0.1) is 0 Å². The van der Waals surface area contributed by atoms with Crippen molar-refractivity contribution in [1.82, 2.24) is 16.0 Å². The van der Waals surface area contributed by atoms with Crippen molar-refractivity contribution in [2.75, 3.05) is 13.1 Å². The Hall–Kier alpha value is -4.46. The Bertz CT molecular complexity index is 1250. The molecule has 0 saturated carbocycles. The third-order valence-corrected chi connectivity index (χ3v) is 5.87. The van der Waals surface area contributed by atoms with Gasteiger partial charge in [0, 0.05) is 0 Å². The van der Waals surface area contributed by atoms with Crippen molar-refractivity contribution in [3.63, 3.8) is 0 Å². The van der Waals surface area contributed by atoms with Crippen LogP contribution < -0.4 is 16.0 Å². The molecule has 3 rings (SSSR count). The summed E-state index contributed by atoms with van der Waals surface area (Å²) < 4.78 is 5.22. The van der Waals surface area contributed by atoms with Gasteiger partial charge in [0.1, 0.15) is 12.6 Å². The number of Topliss-reactive ketones (excluding diaryl/α,β-unsaturated/α-hetero) is 1. The third kappa shape index (κ3) is 10.4. The maximum Gasteiger partial charge on any atom is 0.408 e. The van der Waals surface area contributed by atoms with E-state index in [1.165, 1.54) is 0 Å². The van der Waals surface area contributed by atoms with Crippen LogP contribution in [-0.2, 0) is 32.1 Å². The Morgan fingerprint density at radius 2 is 1.36 bits per heavy atom. The zero-order valence-electron chi connectivity index (χ0n) is 22.3. The van der Waals surface area contributed by atoms with E-state index < -0.39 is 18.0 Å². The van der Waals surface area contributed by atoms with Gasteiger partial charge in [-0.25, -0.2) is 4.79 Å². The van der Waals surface area contributed by atoms with E-state index in [-0.39, 0.29) is 43.7 Å². The van der Waals surface area contributed by atoms with E-state index in [1.54, 1.807) is 0 Å². The number of hydrogen-bond acceptors (Lipinski definition) is 5. The Morgan fingerprint density at radius 1 is 0.744 bits per heavy atom. The lowest BCUT2D eigenvalue weighted by molar-refractivity contribution is -0.127. The average molecular weight is 530 g/mol. The Labute approximate surface area is 229 Å². The Balaban J connectivity index is 1.42. The number of hydrogen-bond donors (Lipinski definition) is 3. The first-order valence-electron chi connectivity index (χ1n) is 13.0. The van der Waals surface area contributed by atoms with Gasteiger partial charge in [-0.2, -0.15) is 0 Å². The zero-order valence-corrected chi connectivity index (χ0v) is 22.3. The highest BCUT2D eigenvalue weighted by Crippen LogP contribution is 2.20. The van der Waals surface area contributed by atoms with Gasteiger partial charge >= 0.3 is 6.09 Å². The fourth-order valence-corrected chi connectivity index (χ4v) is 3.92. The summed E-state index contributed by atoms with van der Waals surface area (Å²) in [7, 11) is 0. The minimum Gasteiger partial charge on any atom is -0.445 e. The van der Waals surface area contributed by atoms with E-state index in [4.69, 9.17) is 4.74 Å². The number of alkyl carbamates (subject to hydrolysis) is 1. The van der Waals surface area contributed by atoms with Crippen LogP contribution in [0, 0.1) is 5.92 Å². The second kappa shape index (κ2) is 15.1. The molecule has 0 aromatic heterocycles. The minimum atomic E-state index is -0.854. The molecule has 204 valence electrons. The van der Waals surface area contributed by atoms with Crippen LogP contribution in [0.1, 0.15) is 31.4 Å². The Morgan fingerprint density at radius 3 is 2.05 bits per heavy atom. The van der Waals surface area contributed by atoms with Crippen molar-refractivity contribution in [3.05, 3.63) is 96.1 Å². The third-order valence-electron chi connectivity index (χ3n) is 5.87. The van der Waals surface area contributed by atoms with Gasteiger partial charge in [0.15, 0.2) is 5.78 Å². The van der Waals surface area contributed by atoms with Crippen molar-refractivity contribution in [3.8, 4) is 11.1 Å². The number of ketones is 1. The molecule has 0 radical (unpaired) electrons. The molecule has 0 bridgehead atoms. The van der Waals surface area contributed by atoms with Crippen LogP contribution in [0.25, 0.3) is 11.1 Å². The lowest BCUT2D eigenvalue weighted by atomic mass is 10.0. The van der Waals surface area contributed by atoms with Crippen LogP contribution in [0.3, 0.4) is 0 Å². The molecule has 0 heterocycles. The highest BCUT2D eigenvalue weighted by molar-refractivity contribution is 5.92. The van der Waals surface area contributed by atoms with E-state index in [0.29, 0.717) is 6.42 Å². The van der Waals surface area contributed by atoms with Crippen molar-refractivity contribution < 1.29 is 23.9 Å². The number of rotatable bonds is 13. The molecule has 0 saturated heterocycles. The van der Waals surface area contributed by atoms with E-state index >= 15 is 0 Å². The second-order valence-electron chi connectivity index (χ2n) is 9.66. The van der Waals surface area contributed by atoms with Gasteiger partial charge in [-0.3, -0.25) is 14.4 Å². The van der Waals surface area contributed by atoms with Crippen LogP contribution in [0.2, 0.25) is 0 Å². The maximum absolute atomic E-state index is 12.7. The van der Waals surface area contributed by atoms with Gasteiger partial charge in [-0.1, -0.05) is 98.8 Å². The van der Waals surface area contributed by atoms with E-state index in [0.717, 1.165) is 22.3 Å². The monoisotopic (exact) mass is 529 g/mol. The van der Waals surface area contributed by atoms with Crippen molar-refractivity contribution in [2.24, 2.45) is 5.92 Å². The number of carbonyl (C=O) groups excluding carboxylic acids is 4. The van der Waals surface area contributed by atoms with Gasteiger partial charge in [0.05, 0.1) is 19.5 Å². The molecule has 0 fully saturated rings. The zero-order chi connectivity index (χ0) is 28.0. The van der Waals surface area contributed by atoms with Crippen LogP contribution in [0.4, 0.5) is 4.79 Å². The first-order valence-corrected chi connectivity index (χ1v) is 13.0. The van der Waals surface area contributed by atoms with Crippen molar-refractivity contribution in [1.29, 1.82) is 0 Å². The van der Waals surface area contributed by atoms with E-state index in [9.17, 15) is 19.2 Å². The summed E-state index contributed by atoms with van der Waals surface area (Å²) in [5.74, 6) is -1.02. The molecule has 3 aromatic carbocycles.